The summed E-state index contributed by atoms with van der Waals surface area (Å²) in [5.74, 6) is -0.130. The summed E-state index contributed by atoms with van der Waals surface area (Å²) in [6.07, 6.45) is 2.28. The first kappa shape index (κ1) is 13.8. The Hall–Kier alpha value is -2.14. The van der Waals surface area contributed by atoms with Gasteiger partial charge in [-0.2, -0.15) is 0 Å². The van der Waals surface area contributed by atoms with Crippen LogP contribution in [0.1, 0.15) is 18.4 Å². The molecule has 1 fully saturated rings. The topological polar surface area (TPSA) is 65.2 Å². The number of hydrogen-bond acceptors (Lipinski definition) is 3. The van der Waals surface area contributed by atoms with Crippen LogP contribution in [0.3, 0.4) is 0 Å². The molecule has 1 saturated heterocycles. The predicted molar refractivity (Wildman–Crippen MR) is 83.6 cm³/mol. The number of benzene rings is 1. The summed E-state index contributed by atoms with van der Waals surface area (Å²) >= 11 is 0. The van der Waals surface area contributed by atoms with Gasteiger partial charge in [0.1, 0.15) is 5.69 Å². The number of amides is 1. The second-order valence-corrected chi connectivity index (χ2v) is 5.58. The van der Waals surface area contributed by atoms with Crippen LogP contribution < -0.4 is 10.9 Å². The minimum atomic E-state index is -0.258. The number of H-pyrrole nitrogens is 1. The molecular formula is C16H19N3O2. The Bertz CT molecular complexity index is 730. The summed E-state index contributed by atoms with van der Waals surface area (Å²) in [5, 5.41) is 3.65. The third kappa shape index (κ3) is 2.97. The predicted octanol–water partition coefficient (Wildman–Crippen LogP) is 1.87. The van der Waals surface area contributed by atoms with Crippen molar-refractivity contribution >= 4 is 22.5 Å². The van der Waals surface area contributed by atoms with Gasteiger partial charge in [0.15, 0.2) is 0 Å². The molecule has 1 amide bonds. The van der Waals surface area contributed by atoms with Gasteiger partial charge in [0.2, 0.25) is 5.91 Å². The van der Waals surface area contributed by atoms with Crippen LogP contribution in [0.15, 0.2) is 29.1 Å². The number of rotatable bonds is 3. The van der Waals surface area contributed by atoms with Gasteiger partial charge in [0, 0.05) is 5.39 Å². The van der Waals surface area contributed by atoms with E-state index in [1.54, 1.807) is 6.07 Å². The summed E-state index contributed by atoms with van der Waals surface area (Å²) in [5.41, 5.74) is 1.89. The zero-order valence-electron chi connectivity index (χ0n) is 12.1. The van der Waals surface area contributed by atoms with Gasteiger partial charge in [-0.25, -0.2) is 0 Å². The number of hydrogen-bond donors (Lipinski definition) is 2. The zero-order valence-corrected chi connectivity index (χ0v) is 12.1. The molecule has 0 atom stereocenters. The van der Waals surface area contributed by atoms with E-state index in [2.05, 4.69) is 15.2 Å². The maximum atomic E-state index is 12.1. The van der Waals surface area contributed by atoms with E-state index in [1.807, 2.05) is 25.1 Å². The number of aryl methyl sites for hydroxylation is 1. The van der Waals surface area contributed by atoms with Crippen molar-refractivity contribution in [3.8, 4) is 0 Å². The van der Waals surface area contributed by atoms with Gasteiger partial charge in [0.25, 0.3) is 5.56 Å². The molecule has 1 aromatic heterocycles. The molecule has 5 heteroatoms. The Morgan fingerprint density at radius 1 is 1.33 bits per heavy atom. The fourth-order valence-corrected chi connectivity index (χ4v) is 2.81. The third-order valence-corrected chi connectivity index (χ3v) is 3.93. The van der Waals surface area contributed by atoms with Crippen molar-refractivity contribution in [1.29, 1.82) is 0 Å². The van der Waals surface area contributed by atoms with E-state index in [0.29, 0.717) is 12.2 Å². The molecule has 3 rings (SSSR count). The van der Waals surface area contributed by atoms with Crippen molar-refractivity contribution in [2.45, 2.75) is 19.8 Å². The quantitative estimate of drug-likeness (QED) is 0.905. The highest BCUT2D eigenvalue weighted by molar-refractivity contribution is 5.94. The first-order valence-electron chi connectivity index (χ1n) is 7.28. The van der Waals surface area contributed by atoms with Crippen LogP contribution in [-0.4, -0.2) is 35.4 Å². The number of likely N-dealkylation sites (tertiary alicyclic amines) is 1. The largest absolute Gasteiger partial charge is 0.320 e. The lowest BCUT2D eigenvalue weighted by Gasteiger charge is -2.14. The van der Waals surface area contributed by atoms with Crippen LogP contribution in [0.2, 0.25) is 0 Å². The monoisotopic (exact) mass is 285 g/mol. The van der Waals surface area contributed by atoms with Crippen LogP contribution in [0.4, 0.5) is 5.69 Å². The SMILES string of the molecule is Cc1cccc2cc(NC(=O)CN3CCCC3)c(=O)[nH]c12. The molecular weight excluding hydrogens is 266 g/mol. The number of para-hydroxylation sites is 1. The van der Waals surface area contributed by atoms with E-state index >= 15 is 0 Å². The number of aromatic amines is 1. The normalized spacial score (nSPS) is 15.5. The maximum Gasteiger partial charge on any atom is 0.272 e. The average molecular weight is 285 g/mol. The molecule has 1 aliphatic heterocycles. The van der Waals surface area contributed by atoms with Crippen LogP contribution in [0.25, 0.3) is 10.9 Å². The van der Waals surface area contributed by atoms with Gasteiger partial charge in [-0.05, 0) is 44.5 Å². The number of carbonyl (C=O) groups excluding carboxylic acids is 1. The summed E-state index contributed by atoms with van der Waals surface area (Å²) in [7, 11) is 0. The number of anilines is 1. The Balaban J connectivity index is 1.81. The minimum Gasteiger partial charge on any atom is -0.320 e. The van der Waals surface area contributed by atoms with Gasteiger partial charge >= 0.3 is 0 Å². The first-order valence-corrected chi connectivity index (χ1v) is 7.28. The number of aromatic nitrogens is 1. The van der Waals surface area contributed by atoms with E-state index in [-0.39, 0.29) is 11.5 Å². The second-order valence-electron chi connectivity index (χ2n) is 5.58. The lowest BCUT2D eigenvalue weighted by molar-refractivity contribution is -0.117. The van der Waals surface area contributed by atoms with E-state index < -0.39 is 0 Å². The number of pyridine rings is 1. The highest BCUT2D eigenvalue weighted by Gasteiger charge is 2.16. The lowest BCUT2D eigenvalue weighted by atomic mass is 10.1. The van der Waals surface area contributed by atoms with Crippen molar-refractivity contribution in [2.24, 2.45) is 0 Å². The lowest BCUT2D eigenvalue weighted by Crippen LogP contribution is -2.32. The summed E-state index contributed by atoms with van der Waals surface area (Å²) < 4.78 is 0. The molecule has 1 aliphatic rings. The fourth-order valence-electron chi connectivity index (χ4n) is 2.81. The number of nitrogens with one attached hydrogen (secondary N) is 2. The van der Waals surface area contributed by atoms with E-state index in [9.17, 15) is 9.59 Å². The molecule has 21 heavy (non-hydrogen) atoms. The maximum absolute atomic E-state index is 12.1. The van der Waals surface area contributed by atoms with Crippen molar-refractivity contribution in [1.82, 2.24) is 9.88 Å². The third-order valence-electron chi connectivity index (χ3n) is 3.93. The molecule has 0 unspecified atom stereocenters. The molecule has 0 spiro atoms. The zero-order chi connectivity index (χ0) is 14.8. The number of fused-ring (bicyclic) bond motifs is 1. The van der Waals surface area contributed by atoms with Gasteiger partial charge in [0.05, 0.1) is 12.1 Å². The van der Waals surface area contributed by atoms with E-state index in [1.165, 1.54) is 0 Å². The Labute approximate surface area is 123 Å². The standard InChI is InChI=1S/C16H19N3O2/c1-11-5-4-6-12-9-13(16(21)18-15(11)12)17-14(20)10-19-7-2-3-8-19/h4-6,9H,2-3,7-8,10H2,1H3,(H,17,20)(H,18,21). The Morgan fingerprint density at radius 3 is 2.86 bits per heavy atom. The van der Waals surface area contributed by atoms with Crippen molar-refractivity contribution < 1.29 is 4.79 Å². The summed E-state index contributed by atoms with van der Waals surface area (Å²) in [6, 6.07) is 7.55. The van der Waals surface area contributed by atoms with Gasteiger partial charge < -0.3 is 10.3 Å². The van der Waals surface area contributed by atoms with E-state index in [4.69, 9.17) is 0 Å². The van der Waals surface area contributed by atoms with Crippen LogP contribution in [0, 0.1) is 6.92 Å². The molecule has 1 aromatic carbocycles. The van der Waals surface area contributed by atoms with Crippen LogP contribution in [0.5, 0.6) is 0 Å². The highest BCUT2D eigenvalue weighted by Crippen LogP contribution is 2.17. The molecule has 5 nitrogen and oxygen atoms in total. The molecule has 0 radical (unpaired) electrons. The molecule has 0 aliphatic carbocycles. The molecule has 2 heterocycles. The minimum absolute atomic E-state index is 0.130. The number of carbonyl (C=O) groups is 1. The van der Waals surface area contributed by atoms with E-state index in [0.717, 1.165) is 42.4 Å². The van der Waals surface area contributed by atoms with Crippen molar-refractivity contribution in [3.63, 3.8) is 0 Å². The smallest absolute Gasteiger partial charge is 0.272 e. The summed E-state index contributed by atoms with van der Waals surface area (Å²) in [4.78, 5) is 29.0. The average Bonchev–Trinajstić information content (AvgIpc) is 2.93. The Kier molecular flexibility index (Phi) is 3.75. The second kappa shape index (κ2) is 5.69. The fraction of sp³-hybridized carbons (Fsp3) is 0.375. The molecule has 0 saturated carbocycles. The first-order chi connectivity index (χ1) is 10.1. The Morgan fingerprint density at radius 2 is 2.10 bits per heavy atom. The molecule has 110 valence electrons. The van der Waals surface area contributed by atoms with Crippen LogP contribution in [-0.2, 0) is 4.79 Å². The molecule has 2 aromatic rings. The van der Waals surface area contributed by atoms with Gasteiger partial charge in [-0.15, -0.1) is 0 Å². The van der Waals surface area contributed by atoms with Crippen molar-refractivity contribution in [3.05, 3.63) is 40.2 Å². The van der Waals surface area contributed by atoms with Gasteiger partial charge in [-0.3, -0.25) is 14.5 Å². The van der Waals surface area contributed by atoms with Crippen molar-refractivity contribution in [2.75, 3.05) is 25.0 Å². The number of nitrogens with zero attached hydrogens (tertiary/aromatic N) is 1. The van der Waals surface area contributed by atoms with Crippen LogP contribution >= 0.6 is 0 Å². The molecule has 2 N–H and O–H groups in total. The highest BCUT2D eigenvalue weighted by atomic mass is 16.2. The molecule has 0 bridgehead atoms. The van der Waals surface area contributed by atoms with Gasteiger partial charge in [-0.1, -0.05) is 18.2 Å². The summed E-state index contributed by atoms with van der Waals surface area (Å²) in [6.45, 7) is 4.22.